The SMILES string of the molecule is Cc1cc(C)cc(N2C(=O)C(P3[C@H](C)CC[C@H]3C)=C(P3[C@H](C)CC[C@H]3C)C2=O)c1. The number of benzene rings is 1. The molecule has 0 unspecified atom stereocenters. The van der Waals surface area contributed by atoms with Gasteiger partial charge in [-0.25, -0.2) is 4.90 Å². The van der Waals surface area contributed by atoms with Crippen LogP contribution < -0.4 is 4.90 Å². The number of imide groups is 1. The van der Waals surface area contributed by atoms with E-state index in [-0.39, 0.29) is 11.8 Å². The quantitative estimate of drug-likeness (QED) is 0.407. The number of hydrogen-bond acceptors (Lipinski definition) is 2. The molecule has 0 saturated carbocycles. The molecule has 0 aromatic heterocycles. The Kier molecular flexibility index (Phi) is 5.77. The predicted octanol–water partition coefficient (Wildman–Crippen LogP) is 6.49. The highest BCUT2D eigenvalue weighted by molar-refractivity contribution is 7.70. The Morgan fingerprint density at radius 1 is 0.690 bits per heavy atom. The van der Waals surface area contributed by atoms with Crippen LogP contribution in [0.2, 0.25) is 0 Å². The fourth-order valence-electron chi connectivity index (χ4n) is 5.56. The predicted molar refractivity (Wildman–Crippen MR) is 126 cm³/mol. The molecule has 2 amide bonds. The van der Waals surface area contributed by atoms with Crippen molar-refractivity contribution in [2.24, 2.45) is 0 Å². The second-order valence-electron chi connectivity index (χ2n) is 9.35. The average Bonchev–Trinajstić information content (AvgIpc) is 3.21. The van der Waals surface area contributed by atoms with Crippen LogP contribution in [0.4, 0.5) is 5.69 Å². The molecule has 5 heteroatoms. The third-order valence-electron chi connectivity index (χ3n) is 6.92. The maximum absolute atomic E-state index is 13.9. The highest BCUT2D eigenvalue weighted by atomic mass is 31.1. The van der Waals surface area contributed by atoms with E-state index >= 15 is 0 Å². The Bertz CT molecular complexity index is 807. The fraction of sp³-hybridized carbons (Fsp3) is 0.583. The van der Waals surface area contributed by atoms with Gasteiger partial charge in [0.15, 0.2) is 0 Å². The van der Waals surface area contributed by atoms with Crippen molar-refractivity contribution in [3.8, 4) is 0 Å². The van der Waals surface area contributed by atoms with Crippen molar-refractivity contribution in [3.05, 3.63) is 40.0 Å². The smallest absolute Gasteiger partial charge is 0.266 e. The normalized spacial score (nSPS) is 31.6. The molecule has 4 atom stereocenters. The van der Waals surface area contributed by atoms with Crippen molar-refractivity contribution >= 4 is 33.3 Å². The molecule has 3 heterocycles. The lowest BCUT2D eigenvalue weighted by Crippen LogP contribution is -2.32. The molecule has 156 valence electrons. The number of rotatable bonds is 3. The van der Waals surface area contributed by atoms with Gasteiger partial charge in [-0.2, -0.15) is 0 Å². The summed E-state index contributed by atoms with van der Waals surface area (Å²) in [5.41, 5.74) is 5.07. The maximum atomic E-state index is 13.9. The Balaban J connectivity index is 1.86. The van der Waals surface area contributed by atoms with Crippen molar-refractivity contribution < 1.29 is 9.59 Å². The van der Waals surface area contributed by atoms with Crippen LogP contribution >= 0.6 is 15.8 Å². The molecule has 4 rings (SSSR count). The Morgan fingerprint density at radius 3 is 1.38 bits per heavy atom. The highest BCUT2D eigenvalue weighted by Crippen LogP contribution is 2.70. The Hall–Kier alpha value is -1.04. The van der Waals surface area contributed by atoms with Crippen LogP contribution in [0.5, 0.6) is 0 Å². The molecule has 3 aliphatic rings. The summed E-state index contributed by atoms with van der Waals surface area (Å²) in [7, 11) is -1.15. The van der Waals surface area contributed by atoms with Gasteiger partial charge in [0.1, 0.15) is 0 Å². The minimum absolute atomic E-state index is 0.00416. The lowest BCUT2D eigenvalue weighted by molar-refractivity contribution is -0.120. The highest BCUT2D eigenvalue weighted by Gasteiger charge is 2.51. The van der Waals surface area contributed by atoms with Crippen LogP contribution in [0.25, 0.3) is 0 Å². The van der Waals surface area contributed by atoms with Gasteiger partial charge in [-0.15, -0.1) is 0 Å². The topological polar surface area (TPSA) is 37.4 Å². The summed E-state index contributed by atoms with van der Waals surface area (Å²) in [6.45, 7) is 13.3. The second kappa shape index (κ2) is 7.90. The zero-order chi connectivity index (χ0) is 21.0. The Labute approximate surface area is 177 Å². The van der Waals surface area contributed by atoms with Crippen LogP contribution in [-0.4, -0.2) is 34.5 Å². The number of carbonyl (C=O) groups excluding carboxylic acids is 2. The minimum Gasteiger partial charge on any atom is -0.268 e. The van der Waals surface area contributed by atoms with Crippen LogP contribution in [0.3, 0.4) is 0 Å². The molecule has 2 saturated heterocycles. The summed E-state index contributed by atoms with van der Waals surface area (Å²) < 4.78 is 0. The van der Waals surface area contributed by atoms with Crippen molar-refractivity contribution in [2.75, 3.05) is 4.90 Å². The average molecular weight is 429 g/mol. The summed E-state index contributed by atoms with van der Waals surface area (Å²) in [5.74, 6) is -0.00831. The van der Waals surface area contributed by atoms with E-state index in [9.17, 15) is 9.59 Å². The first kappa shape index (κ1) is 21.2. The van der Waals surface area contributed by atoms with Crippen molar-refractivity contribution in [1.82, 2.24) is 0 Å². The molecular weight excluding hydrogens is 396 g/mol. The van der Waals surface area contributed by atoms with Gasteiger partial charge in [-0.05, 0) is 85.4 Å². The van der Waals surface area contributed by atoms with Gasteiger partial charge in [-0.1, -0.05) is 49.6 Å². The van der Waals surface area contributed by atoms with Gasteiger partial charge >= 0.3 is 0 Å². The van der Waals surface area contributed by atoms with Crippen LogP contribution in [0.1, 0.15) is 64.5 Å². The van der Waals surface area contributed by atoms with Crippen molar-refractivity contribution in [3.63, 3.8) is 0 Å². The first-order valence-electron chi connectivity index (χ1n) is 11.0. The van der Waals surface area contributed by atoms with E-state index in [4.69, 9.17) is 0 Å². The molecule has 29 heavy (non-hydrogen) atoms. The zero-order valence-corrected chi connectivity index (χ0v) is 20.3. The van der Waals surface area contributed by atoms with Crippen LogP contribution in [-0.2, 0) is 9.59 Å². The van der Waals surface area contributed by atoms with Crippen LogP contribution in [0, 0.1) is 13.8 Å². The van der Waals surface area contributed by atoms with E-state index in [2.05, 4.69) is 33.8 Å². The maximum Gasteiger partial charge on any atom is 0.266 e. The summed E-state index contributed by atoms with van der Waals surface area (Å²) in [4.78, 5) is 29.3. The number of anilines is 1. The number of amides is 2. The lowest BCUT2D eigenvalue weighted by Gasteiger charge is -2.26. The first-order valence-corrected chi connectivity index (χ1v) is 13.9. The zero-order valence-electron chi connectivity index (χ0n) is 18.5. The van der Waals surface area contributed by atoms with Gasteiger partial charge in [0.25, 0.3) is 11.8 Å². The number of carbonyl (C=O) groups is 2. The molecule has 1 aromatic carbocycles. The van der Waals surface area contributed by atoms with Gasteiger partial charge < -0.3 is 0 Å². The lowest BCUT2D eigenvalue weighted by atomic mass is 10.1. The summed E-state index contributed by atoms with van der Waals surface area (Å²) >= 11 is 0. The monoisotopic (exact) mass is 429 g/mol. The summed E-state index contributed by atoms with van der Waals surface area (Å²) in [6, 6.07) is 6.08. The molecule has 0 bridgehead atoms. The minimum atomic E-state index is -0.577. The molecule has 3 nitrogen and oxygen atoms in total. The second-order valence-corrected chi connectivity index (χ2v) is 15.4. The molecule has 3 aliphatic heterocycles. The fourth-order valence-corrected chi connectivity index (χ4v) is 12.8. The third-order valence-corrected chi connectivity index (χ3v) is 13.8. The third kappa shape index (κ3) is 3.53. The van der Waals surface area contributed by atoms with E-state index in [0.29, 0.717) is 22.6 Å². The van der Waals surface area contributed by atoms with Gasteiger partial charge in [0.2, 0.25) is 0 Å². The van der Waals surface area contributed by atoms with E-state index < -0.39 is 15.8 Å². The van der Waals surface area contributed by atoms with Crippen LogP contribution in [0.15, 0.2) is 28.8 Å². The van der Waals surface area contributed by atoms with Gasteiger partial charge in [0.05, 0.1) is 16.3 Å². The van der Waals surface area contributed by atoms with E-state index in [1.807, 2.05) is 26.0 Å². The Morgan fingerprint density at radius 2 is 1.03 bits per heavy atom. The molecule has 0 N–H and O–H groups in total. The van der Waals surface area contributed by atoms with Crippen molar-refractivity contribution in [2.45, 2.75) is 89.9 Å². The first-order chi connectivity index (χ1) is 13.7. The molecule has 0 spiro atoms. The standard InChI is InChI=1S/C24H33NO2P2/c1-14-11-15(2)13-20(12-14)25-23(26)21(28-16(3)7-8-17(28)4)22(24(25)27)29-18(5)9-10-19(29)6/h11-13,16-19H,7-10H2,1-6H3/t16-,17-,18-,19-/m1/s1. The van der Waals surface area contributed by atoms with E-state index in [1.165, 1.54) is 30.6 Å². The largest absolute Gasteiger partial charge is 0.268 e. The molecular formula is C24H33NO2P2. The van der Waals surface area contributed by atoms with E-state index in [0.717, 1.165) is 27.4 Å². The molecule has 0 aliphatic carbocycles. The number of aryl methyl sites for hydroxylation is 2. The van der Waals surface area contributed by atoms with Crippen molar-refractivity contribution in [1.29, 1.82) is 0 Å². The number of nitrogens with zero attached hydrogens (tertiary/aromatic N) is 1. The number of hydrogen-bond donors (Lipinski definition) is 0. The summed E-state index contributed by atoms with van der Waals surface area (Å²) in [5, 5.41) is 1.90. The molecule has 2 fully saturated rings. The summed E-state index contributed by atoms with van der Waals surface area (Å²) in [6.07, 6.45) is 4.71. The van der Waals surface area contributed by atoms with E-state index in [1.54, 1.807) is 0 Å². The van der Waals surface area contributed by atoms with Gasteiger partial charge in [-0.3, -0.25) is 9.59 Å². The van der Waals surface area contributed by atoms with Gasteiger partial charge in [0, 0.05) is 0 Å². The molecule has 0 radical (unpaired) electrons. The molecule has 1 aromatic rings.